The first kappa shape index (κ1) is 12.0. The standard InChI is InChI=1S/C9H19N.C2H6/c1-4-10-9(3)7-5-6-8(9)2;1-2/h8,10H,4-7H2,1-3H3;1-2H3. The van der Waals surface area contributed by atoms with Gasteiger partial charge in [-0.05, 0) is 32.2 Å². The van der Waals surface area contributed by atoms with Crippen LogP contribution in [0.3, 0.4) is 0 Å². The van der Waals surface area contributed by atoms with Crippen molar-refractivity contribution in [1.82, 2.24) is 5.32 Å². The van der Waals surface area contributed by atoms with E-state index in [1.165, 1.54) is 19.3 Å². The lowest BCUT2D eigenvalue weighted by atomic mass is 9.91. The average Bonchev–Trinajstić information content (AvgIpc) is 2.37. The highest BCUT2D eigenvalue weighted by Crippen LogP contribution is 2.34. The number of hydrogen-bond donors (Lipinski definition) is 1. The normalized spacial score (nSPS) is 34.2. The quantitative estimate of drug-likeness (QED) is 0.673. The van der Waals surface area contributed by atoms with Crippen LogP contribution in [-0.2, 0) is 0 Å². The molecule has 0 aromatic rings. The predicted octanol–water partition coefficient (Wildman–Crippen LogP) is 3.20. The van der Waals surface area contributed by atoms with Crippen LogP contribution >= 0.6 is 0 Å². The van der Waals surface area contributed by atoms with Crippen LogP contribution in [0, 0.1) is 5.92 Å². The van der Waals surface area contributed by atoms with Crippen molar-refractivity contribution in [2.24, 2.45) is 5.92 Å². The first-order valence-corrected chi connectivity index (χ1v) is 5.44. The summed E-state index contributed by atoms with van der Waals surface area (Å²) < 4.78 is 0. The molecule has 1 N–H and O–H groups in total. The number of rotatable bonds is 2. The average molecular weight is 171 g/mol. The van der Waals surface area contributed by atoms with E-state index in [-0.39, 0.29) is 0 Å². The van der Waals surface area contributed by atoms with Crippen LogP contribution in [0.25, 0.3) is 0 Å². The molecule has 0 heterocycles. The molecular formula is C11H25N. The number of hydrogen-bond acceptors (Lipinski definition) is 1. The van der Waals surface area contributed by atoms with Crippen molar-refractivity contribution in [2.45, 2.75) is 59.4 Å². The van der Waals surface area contributed by atoms with E-state index in [2.05, 4.69) is 26.1 Å². The molecule has 0 aromatic carbocycles. The molecular weight excluding hydrogens is 146 g/mol. The molecule has 0 spiro atoms. The molecule has 0 aromatic heterocycles. The molecule has 74 valence electrons. The van der Waals surface area contributed by atoms with Gasteiger partial charge in [-0.3, -0.25) is 0 Å². The van der Waals surface area contributed by atoms with E-state index in [4.69, 9.17) is 0 Å². The third-order valence-corrected chi connectivity index (χ3v) is 3.00. The fraction of sp³-hybridized carbons (Fsp3) is 1.00. The fourth-order valence-corrected chi connectivity index (χ4v) is 2.01. The first-order chi connectivity index (χ1) is 5.69. The third kappa shape index (κ3) is 2.78. The molecule has 1 nitrogen and oxygen atoms in total. The summed E-state index contributed by atoms with van der Waals surface area (Å²) in [5, 5.41) is 3.57. The second-order valence-corrected chi connectivity index (χ2v) is 3.74. The van der Waals surface area contributed by atoms with Crippen molar-refractivity contribution in [1.29, 1.82) is 0 Å². The maximum absolute atomic E-state index is 3.57. The molecule has 1 aliphatic carbocycles. The second-order valence-electron chi connectivity index (χ2n) is 3.74. The maximum atomic E-state index is 3.57. The summed E-state index contributed by atoms with van der Waals surface area (Å²) in [6.45, 7) is 12.0. The van der Waals surface area contributed by atoms with Crippen LogP contribution in [0.15, 0.2) is 0 Å². The van der Waals surface area contributed by atoms with E-state index in [0.29, 0.717) is 5.54 Å². The molecule has 2 unspecified atom stereocenters. The van der Waals surface area contributed by atoms with Gasteiger partial charge >= 0.3 is 0 Å². The zero-order chi connectivity index (χ0) is 9.61. The van der Waals surface area contributed by atoms with Gasteiger partial charge in [0.15, 0.2) is 0 Å². The highest BCUT2D eigenvalue weighted by molar-refractivity contribution is 4.92. The first-order valence-electron chi connectivity index (χ1n) is 5.44. The molecule has 2 atom stereocenters. The van der Waals surface area contributed by atoms with Crippen LogP contribution in [0.2, 0.25) is 0 Å². The summed E-state index contributed by atoms with van der Waals surface area (Å²) in [6, 6.07) is 0. The third-order valence-electron chi connectivity index (χ3n) is 3.00. The Bertz CT molecular complexity index is 112. The molecule has 0 amide bonds. The van der Waals surface area contributed by atoms with E-state index in [1.54, 1.807) is 0 Å². The van der Waals surface area contributed by atoms with E-state index < -0.39 is 0 Å². The Kier molecular flexibility index (Phi) is 5.56. The topological polar surface area (TPSA) is 12.0 Å². The highest BCUT2D eigenvalue weighted by atomic mass is 15.0. The van der Waals surface area contributed by atoms with E-state index in [0.717, 1.165) is 12.5 Å². The maximum Gasteiger partial charge on any atom is 0.0178 e. The second kappa shape index (κ2) is 5.58. The zero-order valence-corrected chi connectivity index (χ0v) is 9.41. The molecule has 12 heavy (non-hydrogen) atoms. The lowest BCUT2D eigenvalue weighted by molar-refractivity contribution is 0.292. The van der Waals surface area contributed by atoms with Crippen molar-refractivity contribution in [2.75, 3.05) is 6.54 Å². The summed E-state index contributed by atoms with van der Waals surface area (Å²) >= 11 is 0. The van der Waals surface area contributed by atoms with Gasteiger partial charge in [-0.1, -0.05) is 34.1 Å². The minimum absolute atomic E-state index is 0.453. The molecule has 0 aliphatic heterocycles. The van der Waals surface area contributed by atoms with E-state index >= 15 is 0 Å². The molecule has 1 rings (SSSR count). The largest absolute Gasteiger partial charge is 0.312 e. The van der Waals surface area contributed by atoms with Crippen molar-refractivity contribution < 1.29 is 0 Å². The Morgan fingerprint density at radius 1 is 1.42 bits per heavy atom. The molecule has 1 fully saturated rings. The van der Waals surface area contributed by atoms with Gasteiger partial charge in [0.2, 0.25) is 0 Å². The van der Waals surface area contributed by atoms with Gasteiger partial charge in [0.25, 0.3) is 0 Å². The van der Waals surface area contributed by atoms with Crippen LogP contribution in [0.5, 0.6) is 0 Å². The fourth-order valence-electron chi connectivity index (χ4n) is 2.01. The predicted molar refractivity (Wildman–Crippen MR) is 56.4 cm³/mol. The summed E-state index contributed by atoms with van der Waals surface area (Å²) in [4.78, 5) is 0. The van der Waals surface area contributed by atoms with Gasteiger partial charge in [0.05, 0.1) is 0 Å². The van der Waals surface area contributed by atoms with Crippen molar-refractivity contribution in [3.8, 4) is 0 Å². The Hall–Kier alpha value is -0.0400. The molecule has 1 aliphatic rings. The number of nitrogens with one attached hydrogen (secondary N) is 1. The van der Waals surface area contributed by atoms with Gasteiger partial charge in [-0.25, -0.2) is 0 Å². The summed E-state index contributed by atoms with van der Waals surface area (Å²) in [6.07, 6.45) is 4.18. The van der Waals surface area contributed by atoms with Gasteiger partial charge in [-0.2, -0.15) is 0 Å². The van der Waals surface area contributed by atoms with Crippen LogP contribution in [-0.4, -0.2) is 12.1 Å². The van der Waals surface area contributed by atoms with Crippen LogP contribution in [0.4, 0.5) is 0 Å². The Morgan fingerprint density at radius 2 is 2.00 bits per heavy atom. The minimum atomic E-state index is 0.453. The molecule has 0 bridgehead atoms. The monoisotopic (exact) mass is 171 g/mol. The van der Waals surface area contributed by atoms with Gasteiger partial charge in [0, 0.05) is 5.54 Å². The lowest BCUT2D eigenvalue weighted by Gasteiger charge is -2.30. The minimum Gasteiger partial charge on any atom is -0.312 e. The summed E-state index contributed by atoms with van der Waals surface area (Å²) in [7, 11) is 0. The SMILES string of the molecule is CC.CCNC1(C)CCCC1C. The zero-order valence-electron chi connectivity index (χ0n) is 9.41. The summed E-state index contributed by atoms with van der Waals surface area (Å²) in [5.41, 5.74) is 0.453. The van der Waals surface area contributed by atoms with Crippen molar-refractivity contribution in [3.63, 3.8) is 0 Å². The van der Waals surface area contributed by atoms with Crippen LogP contribution < -0.4 is 5.32 Å². The summed E-state index contributed by atoms with van der Waals surface area (Å²) in [5.74, 6) is 0.868. The van der Waals surface area contributed by atoms with E-state index in [9.17, 15) is 0 Å². The molecule has 1 heteroatoms. The lowest BCUT2D eigenvalue weighted by Crippen LogP contribution is -2.44. The Balaban J connectivity index is 0.000000561. The van der Waals surface area contributed by atoms with Crippen molar-refractivity contribution >= 4 is 0 Å². The van der Waals surface area contributed by atoms with Crippen molar-refractivity contribution in [3.05, 3.63) is 0 Å². The Morgan fingerprint density at radius 3 is 2.33 bits per heavy atom. The highest BCUT2D eigenvalue weighted by Gasteiger charge is 2.34. The molecule has 0 saturated heterocycles. The Labute approximate surface area is 77.9 Å². The van der Waals surface area contributed by atoms with Crippen LogP contribution in [0.1, 0.15) is 53.9 Å². The van der Waals surface area contributed by atoms with Gasteiger partial charge in [0.1, 0.15) is 0 Å². The van der Waals surface area contributed by atoms with Gasteiger partial charge in [-0.15, -0.1) is 0 Å². The van der Waals surface area contributed by atoms with E-state index in [1.807, 2.05) is 13.8 Å². The van der Waals surface area contributed by atoms with Gasteiger partial charge < -0.3 is 5.32 Å². The molecule has 0 radical (unpaired) electrons. The smallest absolute Gasteiger partial charge is 0.0178 e. The molecule has 1 saturated carbocycles.